The first-order valence-electron chi connectivity index (χ1n) is 6.68. The summed E-state index contributed by atoms with van der Waals surface area (Å²) >= 11 is 0. The molecule has 0 aliphatic carbocycles. The van der Waals surface area contributed by atoms with E-state index in [-0.39, 0.29) is 5.82 Å². The quantitative estimate of drug-likeness (QED) is 0.877. The van der Waals surface area contributed by atoms with E-state index in [0.717, 1.165) is 12.0 Å². The van der Waals surface area contributed by atoms with E-state index in [4.69, 9.17) is 0 Å². The Labute approximate surface area is 113 Å². The second kappa shape index (κ2) is 5.54. The highest BCUT2D eigenvalue weighted by Gasteiger charge is 2.29. The SMILES string of the molecule is CCc1ccc(C(O)(CC)c2cccc(F)c2)cc1. The van der Waals surface area contributed by atoms with Crippen LogP contribution < -0.4 is 0 Å². The Balaban J connectivity index is 2.46. The predicted molar refractivity (Wildman–Crippen MR) is 75.5 cm³/mol. The van der Waals surface area contributed by atoms with Crippen LogP contribution in [0.1, 0.15) is 37.0 Å². The average Bonchev–Trinajstić information content (AvgIpc) is 2.46. The number of aliphatic hydroxyl groups is 1. The molecule has 0 amide bonds. The molecule has 2 rings (SSSR count). The van der Waals surface area contributed by atoms with Crippen LogP contribution in [0.3, 0.4) is 0 Å². The third-order valence-corrected chi connectivity index (χ3v) is 3.65. The standard InChI is InChI=1S/C17H19FO/c1-3-13-8-10-14(11-9-13)17(19,4-2)15-6-5-7-16(18)12-15/h5-12,19H,3-4H2,1-2H3. The zero-order valence-corrected chi connectivity index (χ0v) is 11.4. The molecule has 2 heteroatoms. The van der Waals surface area contributed by atoms with Gasteiger partial charge in [0.05, 0.1) is 0 Å². The Hall–Kier alpha value is -1.67. The van der Waals surface area contributed by atoms with Crippen LogP contribution in [0.4, 0.5) is 4.39 Å². The minimum Gasteiger partial charge on any atom is -0.380 e. The van der Waals surface area contributed by atoms with Gasteiger partial charge in [-0.15, -0.1) is 0 Å². The third-order valence-electron chi connectivity index (χ3n) is 3.65. The largest absolute Gasteiger partial charge is 0.380 e. The van der Waals surface area contributed by atoms with E-state index in [0.29, 0.717) is 12.0 Å². The molecule has 2 aromatic carbocycles. The molecule has 0 fully saturated rings. The Kier molecular flexibility index (Phi) is 4.01. The second-order valence-electron chi connectivity index (χ2n) is 4.77. The summed E-state index contributed by atoms with van der Waals surface area (Å²) in [6, 6.07) is 14.0. The molecule has 19 heavy (non-hydrogen) atoms. The summed E-state index contributed by atoms with van der Waals surface area (Å²) in [6.45, 7) is 3.99. The van der Waals surface area contributed by atoms with E-state index < -0.39 is 5.60 Å². The fourth-order valence-corrected chi connectivity index (χ4v) is 2.34. The van der Waals surface area contributed by atoms with Crippen LogP contribution in [0.2, 0.25) is 0 Å². The number of benzene rings is 2. The van der Waals surface area contributed by atoms with Gasteiger partial charge in [0.15, 0.2) is 0 Å². The van der Waals surface area contributed by atoms with Gasteiger partial charge in [-0.2, -0.15) is 0 Å². The summed E-state index contributed by atoms with van der Waals surface area (Å²) in [5, 5.41) is 10.9. The van der Waals surface area contributed by atoms with Crippen LogP contribution in [0.25, 0.3) is 0 Å². The first-order chi connectivity index (χ1) is 9.10. The van der Waals surface area contributed by atoms with Crippen molar-refractivity contribution in [2.75, 3.05) is 0 Å². The van der Waals surface area contributed by atoms with Crippen molar-refractivity contribution in [1.82, 2.24) is 0 Å². The fraction of sp³-hybridized carbons (Fsp3) is 0.294. The van der Waals surface area contributed by atoms with Gasteiger partial charge in [0.2, 0.25) is 0 Å². The van der Waals surface area contributed by atoms with E-state index >= 15 is 0 Å². The molecular weight excluding hydrogens is 239 g/mol. The zero-order chi connectivity index (χ0) is 13.9. The summed E-state index contributed by atoms with van der Waals surface area (Å²) in [5.74, 6) is -0.324. The number of rotatable bonds is 4. The highest BCUT2D eigenvalue weighted by atomic mass is 19.1. The van der Waals surface area contributed by atoms with Gasteiger partial charge < -0.3 is 5.11 Å². The molecule has 0 spiro atoms. The van der Waals surface area contributed by atoms with Gasteiger partial charge in [-0.3, -0.25) is 0 Å². The van der Waals surface area contributed by atoms with Crippen molar-refractivity contribution in [2.45, 2.75) is 32.3 Å². The van der Waals surface area contributed by atoms with Crippen molar-refractivity contribution < 1.29 is 9.50 Å². The lowest BCUT2D eigenvalue weighted by Crippen LogP contribution is -2.26. The molecule has 0 saturated heterocycles. The monoisotopic (exact) mass is 258 g/mol. The summed E-state index contributed by atoms with van der Waals surface area (Å²) in [6.07, 6.45) is 1.47. The van der Waals surface area contributed by atoms with Crippen molar-refractivity contribution in [3.05, 3.63) is 71.0 Å². The molecule has 0 aliphatic rings. The topological polar surface area (TPSA) is 20.2 Å². The van der Waals surface area contributed by atoms with Gasteiger partial charge in [0, 0.05) is 0 Å². The molecule has 100 valence electrons. The lowest BCUT2D eigenvalue weighted by atomic mass is 9.84. The molecule has 1 atom stereocenters. The third kappa shape index (κ3) is 2.69. The number of hydrogen-bond acceptors (Lipinski definition) is 1. The van der Waals surface area contributed by atoms with Crippen LogP contribution in [-0.2, 0) is 12.0 Å². The molecule has 0 heterocycles. The number of halogens is 1. The highest BCUT2D eigenvalue weighted by molar-refractivity contribution is 5.37. The number of hydrogen-bond donors (Lipinski definition) is 1. The van der Waals surface area contributed by atoms with Crippen molar-refractivity contribution in [2.24, 2.45) is 0 Å². The van der Waals surface area contributed by atoms with Crippen molar-refractivity contribution in [3.8, 4) is 0 Å². The average molecular weight is 258 g/mol. The first-order valence-corrected chi connectivity index (χ1v) is 6.68. The maximum atomic E-state index is 13.4. The molecular formula is C17H19FO. The van der Waals surface area contributed by atoms with Crippen LogP contribution in [0, 0.1) is 5.82 Å². The van der Waals surface area contributed by atoms with Crippen LogP contribution >= 0.6 is 0 Å². The van der Waals surface area contributed by atoms with Crippen molar-refractivity contribution >= 4 is 0 Å². The fourth-order valence-electron chi connectivity index (χ4n) is 2.34. The summed E-state index contributed by atoms with van der Waals surface area (Å²) in [7, 11) is 0. The van der Waals surface area contributed by atoms with E-state index in [1.54, 1.807) is 12.1 Å². The van der Waals surface area contributed by atoms with Crippen molar-refractivity contribution in [3.63, 3.8) is 0 Å². The van der Waals surface area contributed by atoms with Crippen LogP contribution in [0.15, 0.2) is 48.5 Å². The van der Waals surface area contributed by atoms with Crippen LogP contribution in [-0.4, -0.2) is 5.11 Å². The summed E-state index contributed by atoms with van der Waals surface area (Å²) < 4.78 is 13.4. The molecule has 2 aromatic rings. The molecule has 0 radical (unpaired) electrons. The highest BCUT2D eigenvalue weighted by Crippen LogP contribution is 2.33. The summed E-state index contributed by atoms with van der Waals surface area (Å²) in [4.78, 5) is 0. The summed E-state index contributed by atoms with van der Waals surface area (Å²) in [5.41, 5.74) is 1.49. The van der Waals surface area contributed by atoms with Gasteiger partial charge in [-0.05, 0) is 41.7 Å². The smallest absolute Gasteiger partial charge is 0.123 e. The van der Waals surface area contributed by atoms with E-state index in [1.807, 2.05) is 31.2 Å². The minimum absolute atomic E-state index is 0.324. The predicted octanol–water partition coefficient (Wildman–Crippen LogP) is 4.03. The number of aryl methyl sites for hydroxylation is 1. The molecule has 1 unspecified atom stereocenters. The lowest BCUT2D eigenvalue weighted by Gasteiger charge is -2.28. The second-order valence-corrected chi connectivity index (χ2v) is 4.77. The van der Waals surface area contributed by atoms with E-state index in [9.17, 15) is 9.50 Å². The zero-order valence-electron chi connectivity index (χ0n) is 11.4. The van der Waals surface area contributed by atoms with E-state index in [2.05, 4.69) is 6.92 Å². The van der Waals surface area contributed by atoms with Gasteiger partial charge in [0.1, 0.15) is 11.4 Å². The van der Waals surface area contributed by atoms with Gasteiger partial charge in [-0.1, -0.05) is 50.2 Å². The normalized spacial score (nSPS) is 14.1. The maximum absolute atomic E-state index is 13.4. The van der Waals surface area contributed by atoms with E-state index in [1.165, 1.54) is 17.7 Å². The molecule has 0 aromatic heterocycles. The van der Waals surface area contributed by atoms with Gasteiger partial charge in [-0.25, -0.2) is 4.39 Å². The molecule has 0 aliphatic heterocycles. The van der Waals surface area contributed by atoms with Crippen LogP contribution in [0.5, 0.6) is 0 Å². The molecule has 0 bridgehead atoms. The Morgan fingerprint density at radius 1 is 1.00 bits per heavy atom. The minimum atomic E-state index is -1.13. The Morgan fingerprint density at radius 3 is 2.21 bits per heavy atom. The molecule has 1 N–H and O–H groups in total. The Morgan fingerprint density at radius 2 is 1.68 bits per heavy atom. The lowest BCUT2D eigenvalue weighted by molar-refractivity contribution is 0.0762. The van der Waals surface area contributed by atoms with Crippen molar-refractivity contribution in [1.29, 1.82) is 0 Å². The Bertz CT molecular complexity index is 547. The molecule has 1 nitrogen and oxygen atoms in total. The first kappa shape index (κ1) is 13.8. The maximum Gasteiger partial charge on any atom is 0.123 e. The van der Waals surface area contributed by atoms with Gasteiger partial charge >= 0.3 is 0 Å². The van der Waals surface area contributed by atoms with Gasteiger partial charge in [0.25, 0.3) is 0 Å². The molecule has 0 saturated carbocycles.